The molecule has 0 fully saturated rings. The van der Waals surface area contributed by atoms with Gasteiger partial charge in [0.15, 0.2) is 0 Å². The summed E-state index contributed by atoms with van der Waals surface area (Å²) in [6, 6.07) is 0. The van der Waals surface area contributed by atoms with Crippen LogP contribution >= 0.6 is 0 Å². The zero-order valence-corrected chi connectivity index (χ0v) is 11.8. The first kappa shape index (κ1) is 16.2. The molecule has 0 aromatic carbocycles. The Labute approximate surface area is 106 Å². The quantitative estimate of drug-likeness (QED) is 0.415. The van der Waals surface area contributed by atoms with Crippen LogP contribution in [0, 0.1) is 5.92 Å². The maximum absolute atomic E-state index is 11.5. The van der Waals surface area contributed by atoms with Crippen molar-refractivity contribution in [2.45, 2.75) is 65.7 Å². The van der Waals surface area contributed by atoms with Gasteiger partial charge in [-0.15, -0.1) is 6.58 Å². The highest BCUT2D eigenvalue weighted by Gasteiger charge is 2.09. The molecule has 0 heterocycles. The van der Waals surface area contributed by atoms with Gasteiger partial charge < -0.3 is 4.74 Å². The van der Waals surface area contributed by atoms with Gasteiger partial charge in [0.1, 0.15) is 0 Å². The Morgan fingerprint density at radius 1 is 1.24 bits per heavy atom. The molecular formula is C15H28O2. The summed E-state index contributed by atoms with van der Waals surface area (Å²) >= 11 is 0. The van der Waals surface area contributed by atoms with Crippen LogP contribution in [0.1, 0.15) is 65.7 Å². The molecule has 0 spiro atoms. The molecule has 0 aliphatic carbocycles. The molecule has 0 saturated carbocycles. The summed E-state index contributed by atoms with van der Waals surface area (Å²) in [5.41, 5.74) is 1.13. The van der Waals surface area contributed by atoms with Crippen LogP contribution in [-0.2, 0) is 9.53 Å². The second-order valence-electron chi connectivity index (χ2n) is 4.91. The van der Waals surface area contributed by atoms with Crippen molar-refractivity contribution in [2.75, 3.05) is 6.61 Å². The second kappa shape index (κ2) is 10.4. The SMILES string of the molecule is C=C(C)CCCC(=O)OCC(CC)CCCC. The van der Waals surface area contributed by atoms with E-state index in [-0.39, 0.29) is 5.97 Å². The molecule has 2 heteroatoms. The molecule has 0 bridgehead atoms. The van der Waals surface area contributed by atoms with E-state index in [2.05, 4.69) is 20.4 Å². The van der Waals surface area contributed by atoms with E-state index in [0.29, 0.717) is 18.9 Å². The van der Waals surface area contributed by atoms with Crippen LogP contribution in [-0.4, -0.2) is 12.6 Å². The fourth-order valence-electron chi connectivity index (χ4n) is 1.72. The molecule has 17 heavy (non-hydrogen) atoms. The fourth-order valence-corrected chi connectivity index (χ4v) is 1.72. The van der Waals surface area contributed by atoms with Gasteiger partial charge in [-0.3, -0.25) is 4.79 Å². The summed E-state index contributed by atoms with van der Waals surface area (Å²) in [5.74, 6) is 0.487. The number of ether oxygens (including phenoxy) is 1. The lowest BCUT2D eigenvalue weighted by Gasteiger charge is -2.14. The van der Waals surface area contributed by atoms with E-state index in [1.54, 1.807) is 0 Å². The third-order valence-corrected chi connectivity index (χ3v) is 3.01. The number of hydrogen-bond donors (Lipinski definition) is 0. The van der Waals surface area contributed by atoms with Gasteiger partial charge >= 0.3 is 5.97 Å². The zero-order valence-electron chi connectivity index (χ0n) is 11.8. The lowest BCUT2D eigenvalue weighted by molar-refractivity contribution is -0.145. The molecule has 0 aliphatic rings. The summed E-state index contributed by atoms with van der Waals surface area (Å²) in [5, 5.41) is 0. The molecule has 0 radical (unpaired) electrons. The van der Waals surface area contributed by atoms with E-state index in [0.717, 1.165) is 24.8 Å². The first-order chi connectivity index (χ1) is 8.10. The number of carbonyl (C=O) groups is 1. The number of esters is 1. The molecule has 1 atom stereocenters. The van der Waals surface area contributed by atoms with Crippen LogP contribution in [0.4, 0.5) is 0 Å². The molecule has 0 rings (SSSR count). The number of allylic oxidation sites excluding steroid dienone is 1. The maximum atomic E-state index is 11.5. The van der Waals surface area contributed by atoms with Crippen LogP contribution in [0.15, 0.2) is 12.2 Å². The van der Waals surface area contributed by atoms with Gasteiger partial charge in [0.2, 0.25) is 0 Å². The summed E-state index contributed by atoms with van der Waals surface area (Å²) in [6.07, 6.45) is 7.01. The van der Waals surface area contributed by atoms with Crippen molar-refractivity contribution in [3.05, 3.63) is 12.2 Å². The first-order valence-corrected chi connectivity index (χ1v) is 6.90. The minimum atomic E-state index is -0.0544. The number of rotatable bonds is 10. The standard InChI is InChI=1S/C15H28O2/c1-5-7-10-14(6-2)12-17-15(16)11-8-9-13(3)4/h14H,3,5-12H2,1-2,4H3. The van der Waals surface area contributed by atoms with E-state index in [9.17, 15) is 4.79 Å². The summed E-state index contributed by atoms with van der Waals surface area (Å²) < 4.78 is 5.31. The molecule has 0 amide bonds. The molecular weight excluding hydrogens is 212 g/mol. The molecule has 100 valence electrons. The van der Waals surface area contributed by atoms with Gasteiger partial charge in [0.25, 0.3) is 0 Å². The van der Waals surface area contributed by atoms with Crippen molar-refractivity contribution in [3.8, 4) is 0 Å². The fraction of sp³-hybridized carbons (Fsp3) is 0.800. The Balaban J connectivity index is 3.62. The van der Waals surface area contributed by atoms with E-state index in [4.69, 9.17) is 4.74 Å². The Bertz CT molecular complexity index is 221. The Kier molecular flexibility index (Phi) is 9.89. The van der Waals surface area contributed by atoms with Gasteiger partial charge in [0, 0.05) is 6.42 Å². The maximum Gasteiger partial charge on any atom is 0.305 e. The number of hydrogen-bond acceptors (Lipinski definition) is 2. The molecule has 0 aliphatic heterocycles. The lowest BCUT2D eigenvalue weighted by Crippen LogP contribution is -2.13. The van der Waals surface area contributed by atoms with Crippen LogP contribution in [0.3, 0.4) is 0 Å². The topological polar surface area (TPSA) is 26.3 Å². The Hall–Kier alpha value is -0.790. The average Bonchev–Trinajstić information content (AvgIpc) is 2.29. The van der Waals surface area contributed by atoms with Crippen molar-refractivity contribution < 1.29 is 9.53 Å². The predicted molar refractivity (Wildman–Crippen MR) is 72.9 cm³/mol. The number of unbranched alkanes of at least 4 members (excludes halogenated alkanes) is 1. The largest absolute Gasteiger partial charge is 0.465 e. The minimum Gasteiger partial charge on any atom is -0.465 e. The van der Waals surface area contributed by atoms with Crippen LogP contribution in [0.5, 0.6) is 0 Å². The van der Waals surface area contributed by atoms with Crippen molar-refractivity contribution in [1.29, 1.82) is 0 Å². The lowest BCUT2D eigenvalue weighted by atomic mass is 10.0. The van der Waals surface area contributed by atoms with Gasteiger partial charge in [-0.25, -0.2) is 0 Å². The number of carbonyl (C=O) groups excluding carboxylic acids is 1. The van der Waals surface area contributed by atoms with Gasteiger partial charge in [-0.05, 0) is 32.1 Å². The Morgan fingerprint density at radius 3 is 2.47 bits per heavy atom. The molecule has 1 unspecified atom stereocenters. The summed E-state index contributed by atoms with van der Waals surface area (Å²) in [6.45, 7) is 10.8. The van der Waals surface area contributed by atoms with Gasteiger partial charge in [-0.1, -0.05) is 38.7 Å². The smallest absolute Gasteiger partial charge is 0.305 e. The molecule has 0 aromatic rings. The van der Waals surface area contributed by atoms with Crippen molar-refractivity contribution in [1.82, 2.24) is 0 Å². The van der Waals surface area contributed by atoms with Crippen LogP contribution in [0.2, 0.25) is 0 Å². The Morgan fingerprint density at radius 2 is 1.94 bits per heavy atom. The molecule has 0 saturated heterocycles. The van der Waals surface area contributed by atoms with E-state index in [1.165, 1.54) is 19.3 Å². The zero-order chi connectivity index (χ0) is 13.1. The minimum absolute atomic E-state index is 0.0544. The highest BCUT2D eigenvalue weighted by atomic mass is 16.5. The van der Waals surface area contributed by atoms with E-state index in [1.807, 2.05) is 6.92 Å². The highest BCUT2D eigenvalue weighted by molar-refractivity contribution is 5.69. The monoisotopic (exact) mass is 240 g/mol. The van der Waals surface area contributed by atoms with E-state index >= 15 is 0 Å². The summed E-state index contributed by atoms with van der Waals surface area (Å²) in [4.78, 5) is 11.5. The highest BCUT2D eigenvalue weighted by Crippen LogP contribution is 2.13. The van der Waals surface area contributed by atoms with Crippen molar-refractivity contribution in [3.63, 3.8) is 0 Å². The summed E-state index contributed by atoms with van der Waals surface area (Å²) in [7, 11) is 0. The average molecular weight is 240 g/mol. The van der Waals surface area contributed by atoms with E-state index < -0.39 is 0 Å². The van der Waals surface area contributed by atoms with Crippen molar-refractivity contribution in [2.24, 2.45) is 5.92 Å². The van der Waals surface area contributed by atoms with Crippen molar-refractivity contribution >= 4 is 5.97 Å². The van der Waals surface area contributed by atoms with Crippen LogP contribution < -0.4 is 0 Å². The third-order valence-electron chi connectivity index (χ3n) is 3.01. The van der Waals surface area contributed by atoms with Gasteiger partial charge in [0.05, 0.1) is 6.61 Å². The second-order valence-corrected chi connectivity index (χ2v) is 4.91. The van der Waals surface area contributed by atoms with Crippen LogP contribution in [0.25, 0.3) is 0 Å². The molecule has 0 N–H and O–H groups in total. The molecule has 2 nitrogen and oxygen atoms in total. The normalized spacial score (nSPS) is 12.2. The first-order valence-electron chi connectivity index (χ1n) is 6.90. The van der Waals surface area contributed by atoms with Gasteiger partial charge in [-0.2, -0.15) is 0 Å². The third kappa shape index (κ3) is 10.1. The molecule has 0 aromatic heterocycles. The predicted octanol–water partition coefficient (Wildman–Crippen LogP) is 4.49.